The summed E-state index contributed by atoms with van der Waals surface area (Å²) >= 11 is 0. The Kier molecular flexibility index (Phi) is 7.17. The van der Waals surface area contributed by atoms with Crippen LogP contribution in [0.5, 0.6) is 5.75 Å². The molecule has 1 amide bonds. The van der Waals surface area contributed by atoms with Crippen LogP contribution in [-0.4, -0.2) is 49.9 Å². The number of carbonyl (C=O) groups is 1. The lowest BCUT2D eigenvalue weighted by Crippen LogP contribution is -2.31. The Morgan fingerprint density at radius 3 is 2.83 bits per heavy atom. The number of ether oxygens (including phenoxy) is 1. The van der Waals surface area contributed by atoms with Crippen molar-refractivity contribution < 1.29 is 22.7 Å². The van der Waals surface area contributed by atoms with E-state index in [1.807, 2.05) is 4.40 Å². The molecule has 0 aliphatic carbocycles. The molecule has 0 bridgehead atoms. The standard InChI is InChI=1S/C27H25F3N8O2/c1-2-40-20-12-16(26(39)35-21-13-18(7-8-33-21)27(28,29)30)5-6-19(20)22-23-24(32)34-9-11-38(23)25(36-22)17-4-3-10-37(14-17)15-31/h5-9,11-13,17H,2-4,10,14H2,1H3,(H2,32,34)(H,33,35,39)/t17-/m1/s1. The lowest BCUT2D eigenvalue weighted by Gasteiger charge is -2.27. The van der Waals surface area contributed by atoms with Crippen molar-refractivity contribution in [2.75, 3.05) is 30.7 Å². The highest BCUT2D eigenvalue weighted by atomic mass is 19.4. The molecular weight excluding hydrogens is 525 g/mol. The molecule has 4 heterocycles. The summed E-state index contributed by atoms with van der Waals surface area (Å²) in [4.78, 5) is 27.7. The van der Waals surface area contributed by atoms with Crippen molar-refractivity contribution in [1.82, 2.24) is 24.3 Å². The Labute approximate surface area is 227 Å². The molecule has 40 heavy (non-hydrogen) atoms. The van der Waals surface area contributed by atoms with Gasteiger partial charge in [0, 0.05) is 48.7 Å². The second-order valence-corrected chi connectivity index (χ2v) is 9.26. The van der Waals surface area contributed by atoms with E-state index in [9.17, 15) is 23.2 Å². The van der Waals surface area contributed by atoms with Gasteiger partial charge in [-0.2, -0.15) is 18.4 Å². The van der Waals surface area contributed by atoms with E-state index < -0.39 is 17.6 Å². The molecule has 0 unspecified atom stereocenters. The monoisotopic (exact) mass is 550 g/mol. The van der Waals surface area contributed by atoms with Gasteiger partial charge in [-0.3, -0.25) is 9.20 Å². The number of nitrogens with one attached hydrogen (secondary N) is 1. The van der Waals surface area contributed by atoms with Crippen LogP contribution in [0.1, 0.15) is 47.4 Å². The number of piperidine rings is 1. The summed E-state index contributed by atoms with van der Waals surface area (Å²) in [5.41, 5.74) is 7.16. The predicted octanol–water partition coefficient (Wildman–Crippen LogP) is 4.70. The van der Waals surface area contributed by atoms with Gasteiger partial charge >= 0.3 is 6.18 Å². The first kappa shape index (κ1) is 26.7. The molecule has 0 spiro atoms. The summed E-state index contributed by atoms with van der Waals surface area (Å²) in [6, 6.07) is 6.27. The molecular formula is C27H25F3N8O2. The third-order valence-electron chi connectivity index (χ3n) is 6.67. The highest BCUT2D eigenvalue weighted by Crippen LogP contribution is 2.38. The molecule has 3 aromatic heterocycles. The Morgan fingerprint density at radius 2 is 2.08 bits per heavy atom. The number of rotatable bonds is 6. The van der Waals surface area contributed by atoms with E-state index in [4.69, 9.17) is 15.5 Å². The second-order valence-electron chi connectivity index (χ2n) is 9.26. The zero-order chi connectivity index (χ0) is 28.4. The molecule has 5 rings (SSSR count). The lowest BCUT2D eigenvalue weighted by molar-refractivity contribution is -0.137. The average Bonchev–Trinajstić information content (AvgIpc) is 3.34. The second kappa shape index (κ2) is 10.7. The number of nitrogen functional groups attached to an aromatic ring is 1. The normalized spacial score (nSPS) is 15.6. The van der Waals surface area contributed by atoms with Crippen molar-refractivity contribution in [3.63, 3.8) is 0 Å². The summed E-state index contributed by atoms with van der Waals surface area (Å²) in [6.07, 6.45) is 3.67. The van der Waals surface area contributed by atoms with E-state index in [0.29, 0.717) is 35.6 Å². The molecule has 1 aromatic carbocycles. The number of hydrogen-bond acceptors (Lipinski definition) is 8. The fourth-order valence-corrected chi connectivity index (χ4v) is 4.84. The maximum absolute atomic E-state index is 13.1. The van der Waals surface area contributed by atoms with E-state index >= 15 is 0 Å². The minimum Gasteiger partial charge on any atom is -0.493 e. The highest BCUT2D eigenvalue weighted by molar-refractivity contribution is 6.04. The first-order chi connectivity index (χ1) is 19.2. The summed E-state index contributed by atoms with van der Waals surface area (Å²) in [5, 5.41) is 11.8. The molecule has 0 saturated carbocycles. The van der Waals surface area contributed by atoms with E-state index in [0.717, 1.165) is 37.0 Å². The molecule has 3 N–H and O–H groups in total. The number of halogens is 3. The molecule has 206 valence electrons. The number of carbonyl (C=O) groups excluding carboxylic acids is 1. The fraction of sp³-hybridized carbons (Fsp3) is 0.296. The van der Waals surface area contributed by atoms with Gasteiger partial charge in [0.25, 0.3) is 5.91 Å². The van der Waals surface area contributed by atoms with Crippen molar-refractivity contribution >= 4 is 23.1 Å². The first-order valence-corrected chi connectivity index (χ1v) is 12.6. The number of alkyl halides is 3. The smallest absolute Gasteiger partial charge is 0.416 e. The van der Waals surface area contributed by atoms with E-state index in [-0.39, 0.29) is 29.7 Å². The Balaban J connectivity index is 1.53. The zero-order valence-corrected chi connectivity index (χ0v) is 21.4. The van der Waals surface area contributed by atoms with Crippen LogP contribution in [0.4, 0.5) is 24.8 Å². The molecule has 10 nitrogen and oxygen atoms in total. The van der Waals surface area contributed by atoms with E-state index in [1.165, 1.54) is 12.1 Å². The van der Waals surface area contributed by atoms with Gasteiger partial charge in [-0.05, 0) is 50.1 Å². The van der Waals surface area contributed by atoms with Crippen LogP contribution in [0.25, 0.3) is 16.8 Å². The van der Waals surface area contributed by atoms with Crippen LogP contribution in [0.3, 0.4) is 0 Å². The van der Waals surface area contributed by atoms with Crippen molar-refractivity contribution in [2.45, 2.75) is 31.9 Å². The number of nitrogens with zero attached hydrogens (tertiary/aromatic N) is 6. The van der Waals surface area contributed by atoms with Crippen LogP contribution in [0.15, 0.2) is 48.9 Å². The summed E-state index contributed by atoms with van der Waals surface area (Å²) < 4.78 is 47.0. The van der Waals surface area contributed by atoms with Crippen LogP contribution in [0, 0.1) is 11.5 Å². The molecule has 0 radical (unpaired) electrons. The minimum atomic E-state index is -4.57. The van der Waals surface area contributed by atoms with Crippen molar-refractivity contribution in [1.29, 1.82) is 5.26 Å². The van der Waals surface area contributed by atoms with Gasteiger partial charge in [-0.1, -0.05) is 0 Å². The third-order valence-corrected chi connectivity index (χ3v) is 6.67. The largest absolute Gasteiger partial charge is 0.493 e. The number of hydrogen-bond donors (Lipinski definition) is 2. The molecule has 1 atom stereocenters. The van der Waals surface area contributed by atoms with Gasteiger partial charge in [0.15, 0.2) is 6.19 Å². The van der Waals surface area contributed by atoms with Gasteiger partial charge < -0.3 is 20.7 Å². The Hall–Kier alpha value is -4.86. The van der Waals surface area contributed by atoms with E-state index in [2.05, 4.69) is 21.5 Å². The molecule has 1 aliphatic rings. The van der Waals surface area contributed by atoms with Gasteiger partial charge in [-0.15, -0.1) is 0 Å². The van der Waals surface area contributed by atoms with Gasteiger partial charge in [-0.25, -0.2) is 15.0 Å². The molecule has 4 aromatic rings. The van der Waals surface area contributed by atoms with Crippen LogP contribution in [0.2, 0.25) is 0 Å². The molecule has 1 aliphatic heterocycles. The Morgan fingerprint density at radius 1 is 1.25 bits per heavy atom. The minimum absolute atomic E-state index is 0.0167. The van der Waals surface area contributed by atoms with Crippen LogP contribution < -0.4 is 15.8 Å². The number of imidazole rings is 1. The predicted molar refractivity (Wildman–Crippen MR) is 140 cm³/mol. The number of aromatic nitrogens is 4. The van der Waals surface area contributed by atoms with Crippen LogP contribution >= 0.6 is 0 Å². The lowest BCUT2D eigenvalue weighted by atomic mass is 9.97. The quantitative estimate of drug-likeness (QED) is 0.330. The third kappa shape index (κ3) is 5.20. The number of amides is 1. The Bertz CT molecular complexity index is 1610. The zero-order valence-electron chi connectivity index (χ0n) is 21.4. The number of fused-ring (bicyclic) bond motifs is 1. The summed E-state index contributed by atoms with van der Waals surface area (Å²) in [5.74, 6) is 0.420. The van der Waals surface area contributed by atoms with Crippen molar-refractivity contribution in [2.24, 2.45) is 0 Å². The summed E-state index contributed by atoms with van der Waals surface area (Å²) in [7, 11) is 0. The maximum atomic E-state index is 13.1. The average molecular weight is 551 g/mol. The molecule has 1 saturated heterocycles. The molecule has 1 fully saturated rings. The first-order valence-electron chi connectivity index (χ1n) is 12.6. The number of pyridine rings is 1. The number of nitrogens with two attached hydrogens (primary N) is 1. The molecule has 13 heteroatoms. The van der Waals surface area contributed by atoms with Crippen LogP contribution in [-0.2, 0) is 6.18 Å². The number of nitriles is 1. The van der Waals surface area contributed by atoms with Gasteiger partial charge in [0.2, 0.25) is 0 Å². The van der Waals surface area contributed by atoms with Gasteiger partial charge in [0.05, 0.1) is 12.2 Å². The number of likely N-dealkylation sites (tertiary alicyclic amines) is 1. The fourth-order valence-electron chi connectivity index (χ4n) is 4.84. The highest BCUT2D eigenvalue weighted by Gasteiger charge is 2.31. The van der Waals surface area contributed by atoms with Crippen molar-refractivity contribution in [3.8, 4) is 23.2 Å². The summed E-state index contributed by atoms with van der Waals surface area (Å²) in [6.45, 7) is 3.28. The van der Waals surface area contributed by atoms with Gasteiger partial charge in [0.1, 0.15) is 34.4 Å². The SMILES string of the molecule is CCOc1cc(C(=O)Nc2cc(C(F)(F)F)ccn2)ccc1-c1nc([C@@H]2CCCN(C#N)C2)n2ccnc(N)c12. The van der Waals surface area contributed by atoms with E-state index in [1.54, 1.807) is 30.3 Å². The number of anilines is 2. The van der Waals surface area contributed by atoms with Crippen molar-refractivity contribution in [3.05, 3.63) is 65.9 Å². The maximum Gasteiger partial charge on any atom is 0.416 e. The topological polar surface area (TPSA) is 134 Å². The number of benzene rings is 1.